The van der Waals surface area contributed by atoms with Crippen LogP contribution in [0.5, 0.6) is 0 Å². The Morgan fingerprint density at radius 3 is 2.68 bits per heavy atom. The van der Waals surface area contributed by atoms with Crippen LogP contribution < -0.4 is 10.6 Å². The Kier molecular flexibility index (Phi) is 6.83. The number of aromatic nitrogens is 2. The van der Waals surface area contributed by atoms with Crippen molar-refractivity contribution in [3.8, 4) is 0 Å². The fourth-order valence-electron chi connectivity index (χ4n) is 2.87. The molecule has 10 heteroatoms. The molecule has 1 aliphatic rings. The lowest BCUT2D eigenvalue weighted by atomic mass is 10.3. The number of carbonyl (C=O) groups is 1. The summed E-state index contributed by atoms with van der Waals surface area (Å²) < 4.78 is 18.0. The second kappa shape index (κ2) is 9.52. The van der Waals surface area contributed by atoms with E-state index in [-0.39, 0.29) is 11.1 Å². The van der Waals surface area contributed by atoms with E-state index in [1.807, 2.05) is 0 Å². The molecule has 1 aromatic carbocycles. The summed E-state index contributed by atoms with van der Waals surface area (Å²) in [6, 6.07) is 6.15. The number of methoxy groups -OCH3 is 1. The highest BCUT2D eigenvalue weighted by Gasteiger charge is 2.20. The highest BCUT2D eigenvalue weighted by molar-refractivity contribution is 6.31. The Labute approximate surface area is 167 Å². The van der Waals surface area contributed by atoms with E-state index in [4.69, 9.17) is 16.3 Å². The van der Waals surface area contributed by atoms with E-state index >= 15 is 0 Å². The van der Waals surface area contributed by atoms with Crippen LogP contribution in [0.1, 0.15) is 0 Å². The summed E-state index contributed by atoms with van der Waals surface area (Å²) in [4.78, 5) is 23.8. The van der Waals surface area contributed by atoms with Gasteiger partial charge in [0, 0.05) is 51.0 Å². The summed E-state index contributed by atoms with van der Waals surface area (Å²) in [5, 5.41) is 6.38. The Morgan fingerprint density at radius 1 is 1.21 bits per heavy atom. The molecular formula is C18H22ClFN6O2. The van der Waals surface area contributed by atoms with Gasteiger partial charge in [-0.3, -0.25) is 4.90 Å². The van der Waals surface area contributed by atoms with Crippen LogP contribution in [-0.2, 0) is 4.74 Å². The van der Waals surface area contributed by atoms with Crippen molar-refractivity contribution in [2.24, 2.45) is 0 Å². The maximum atomic E-state index is 13.2. The number of benzene rings is 1. The van der Waals surface area contributed by atoms with Crippen LogP contribution in [0.2, 0.25) is 5.02 Å². The van der Waals surface area contributed by atoms with Gasteiger partial charge in [0.15, 0.2) is 0 Å². The maximum absolute atomic E-state index is 13.2. The quantitative estimate of drug-likeness (QED) is 0.760. The molecule has 3 rings (SSSR count). The molecule has 1 fully saturated rings. The normalized spacial score (nSPS) is 14.6. The van der Waals surface area contributed by atoms with E-state index in [9.17, 15) is 9.18 Å². The fourth-order valence-corrected chi connectivity index (χ4v) is 3.05. The lowest BCUT2D eigenvalue weighted by Gasteiger charge is -2.33. The molecular weight excluding hydrogens is 387 g/mol. The number of hydrogen-bond donors (Lipinski definition) is 2. The number of ether oxygens (including phenoxy) is 1. The minimum absolute atomic E-state index is 0.0460. The maximum Gasteiger partial charge on any atom is 0.409 e. The number of rotatable bonds is 6. The van der Waals surface area contributed by atoms with Gasteiger partial charge in [-0.2, -0.15) is 0 Å². The van der Waals surface area contributed by atoms with E-state index < -0.39 is 5.82 Å². The van der Waals surface area contributed by atoms with Gasteiger partial charge in [0.2, 0.25) is 0 Å². The highest BCUT2D eigenvalue weighted by atomic mass is 35.5. The molecule has 0 aliphatic carbocycles. The van der Waals surface area contributed by atoms with Gasteiger partial charge in [-0.05, 0) is 18.2 Å². The summed E-state index contributed by atoms with van der Waals surface area (Å²) in [7, 11) is 1.40. The molecule has 0 unspecified atom stereocenters. The van der Waals surface area contributed by atoms with Crippen LogP contribution in [0.3, 0.4) is 0 Å². The topological polar surface area (TPSA) is 82.6 Å². The van der Waals surface area contributed by atoms with Crippen molar-refractivity contribution in [1.29, 1.82) is 0 Å². The third-order valence-electron chi connectivity index (χ3n) is 4.40. The minimum atomic E-state index is -0.468. The molecule has 28 heavy (non-hydrogen) atoms. The first-order valence-electron chi connectivity index (χ1n) is 8.88. The number of hydrogen-bond acceptors (Lipinski definition) is 7. The predicted octanol–water partition coefficient (Wildman–Crippen LogP) is 2.81. The predicted molar refractivity (Wildman–Crippen MR) is 106 cm³/mol. The van der Waals surface area contributed by atoms with Crippen molar-refractivity contribution >= 4 is 35.0 Å². The number of piperazine rings is 1. The summed E-state index contributed by atoms with van der Waals surface area (Å²) >= 11 is 5.79. The molecule has 2 aromatic rings. The van der Waals surface area contributed by atoms with E-state index in [1.54, 1.807) is 17.0 Å². The van der Waals surface area contributed by atoms with Crippen LogP contribution in [-0.4, -0.2) is 72.2 Å². The van der Waals surface area contributed by atoms with Gasteiger partial charge in [0.05, 0.1) is 12.1 Å². The Morgan fingerprint density at radius 2 is 1.96 bits per heavy atom. The van der Waals surface area contributed by atoms with Crippen LogP contribution in [0.4, 0.5) is 26.5 Å². The summed E-state index contributed by atoms with van der Waals surface area (Å²) in [5.41, 5.74) is 0.638. The summed E-state index contributed by atoms with van der Waals surface area (Å²) in [5.74, 6) is 0.787. The molecule has 1 aromatic heterocycles. The number of carbonyl (C=O) groups excluding carboxylic acids is 1. The van der Waals surface area contributed by atoms with Gasteiger partial charge < -0.3 is 20.3 Å². The summed E-state index contributed by atoms with van der Waals surface area (Å²) in [6.07, 6.45) is 1.17. The Hall–Kier alpha value is -2.65. The zero-order valence-electron chi connectivity index (χ0n) is 15.5. The smallest absolute Gasteiger partial charge is 0.409 e. The van der Waals surface area contributed by atoms with Crippen LogP contribution in [0.15, 0.2) is 30.6 Å². The number of nitrogens with zero attached hydrogens (tertiary/aromatic N) is 4. The average Bonchev–Trinajstić information content (AvgIpc) is 2.71. The van der Waals surface area contributed by atoms with E-state index in [0.29, 0.717) is 37.0 Å². The fraction of sp³-hybridized carbons (Fsp3) is 0.389. The first kappa shape index (κ1) is 20.1. The largest absolute Gasteiger partial charge is 0.453 e. The lowest BCUT2D eigenvalue weighted by Crippen LogP contribution is -2.49. The minimum Gasteiger partial charge on any atom is -0.453 e. The van der Waals surface area contributed by atoms with Gasteiger partial charge in [0.25, 0.3) is 0 Å². The Bertz CT molecular complexity index is 816. The number of anilines is 3. The summed E-state index contributed by atoms with van der Waals surface area (Å²) in [6.45, 7) is 4.47. The monoisotopic (exact) mass is 408 g/mol. The van der Waals surface area contributed by atoms with Crippen molar-refractivity contribution in [3.05, 3.63) is 41.4 Å². The zero-order chi connectivity index (χ0) is 19.9. The van der Waals surface area contributed by atoms with E-state index in [2.05, 4.69) is 25.5 Å². The standard InChI is InChI=1S/C18H22ClFN6O2/c1-28-18(27)26-8-6-25(7-9-26)5-4-21-16-11-17(23-12-22-16)24-13-2-3-15(20)14(19)10-13/h2-3,10-12H,4-9H2,1H3,(H2,21,22,23,24). The number of nitrogens with one attached hydrogen (secondary N) is 2. The van der Waals surface area contributed by atoms with Crippen molar-refractivity contribution in [1.82, 2.24) is 19.8 Å². The van der Waals surface area contributed by atoms with Gasteiger partial charge in [-0.25, -0.2) is 19.2 Å². The van der Waals surface area contributed by atoms with Gasteiger partial charge >= 0.3 is 6.09 Å². The molecule has 1 amide bonds. The molecule has 0 atom stereocenters. The molecule has 0 saturated carbocycles. The molecule has 150 valence electrons. The van der Waals surface area contributed by atoms with Crippen molar-refractivity contribution in [3.63, 3.8) is 0 Å². The molecule has 2 heterocycles. The molecule has 1 saturated heterocycles. The second-order valence-electron chi connectivity index (χ2n) is 6.27. The lowest BCUT2D eigenvalue weighted by molar-refractivity contribution is 0.0923. The van der Waals surface area contributed by atoms with Gasteiger partial charge in [-0.1, -0.05) is 11.6 Å². The molecule has 0 bridgehead atoms. The van der Waals surface area contributed by atoms with Crippen LogP contribution in [0, 0.1) is 5.82 Å². The number of halogens is 2. The van der Waals surface area contributed by atoms with Crippen molar-refractivity contribution < 1.29 is 13.9 Å². The second-order valence-corrected chi connectivity index (χ2v) is 6.68. The first-order valence-corrected chi connectivity index (χ1v) is 9.26. The first-order chi connectivity index (χ1) is 13.5. The van der Waals surface area contributed by atoms with Crippen molar-refractivity contribution in [2.45, 2.75) is 0 Å². The zero-order valence-corrected chi connectivity index (χ0v) is 16.2. The molecule has 1 aliphatic heterocycles. The van der Waals surface area contributed by atoms with Crippen LogP contribution in [0.25, 0.3) is 0 Å². The molecule has 0 radical (unpaired) electrons. The van der Waals surface area contributed by atoms with Gasteiger partial charge in [0.1, 0.15) is 23.8 Å². The van der Waals surface area contributed by atoms with E-state index in [1.165, 1.54) is 25.6 Å². The highest BCUT2D eigenvalue weighted by Crippen LogP contribution is 2.22. The van der Waals surface area contributed by atoms with Crippen LogP contribution >= 0.6 is 11.6 Å². The average molecular weight is 409 g/mol. The third kappa shape index (κ3) is 5.43. The Balaban J connectivity index is 1.46. The third-order valence-corrected chi connectivity index (χ3v) is 4.69. The molecule has 8 nitrogen and oxygen atoms in total. The van der Waals surface area contributed by atoms with E-state index in [0.717, 1.165) is 19.6 Å². The SMILES string of the molecule is COC(=O)N1CCN(CCNc2cc(Nc3ccc(F)c(Cl)c3)ncn2)CC1. The van der Waals surface area contributed by atoms with Crippen molar-refractivity contribution in [2.75, 3.05) is 57.0 Å². The molecule has 2 N–H and O–H groups in total. The molecule has 0 spiro atoms. The van der Waals surface area contributed by atoms with Gasteiger partial charge in [-0.15, -0.1) is 0 Å². The number of amides is 1.